The third kappa shape index (κ3) is 4.27. The molecule has 3 rings (SSSR count). The minimum absolute atomic E-state index is 0.0288. The number of rotatable bonds is 3. The summed E-state index contributed by atoms with van der Waals surface area (Å²) in [5, 5.41) is 6.69. The zero-order chi connectivity index (χ0) is 20.4. The molecule has 1 saturated carbocycles. The molecule has 0 aromatic heterocycles. The molecule has 0 spiro atoms. The van der Waals surface area contributed by atoms with Crippen LogP contribution >= 0.6 is 0 Å². The molecule has 152 valence electrons. The molecule has 1 aliphatic carbocycles. The Morgan fingerprint density at radius 2 is 2.14 bits per heavy atom. The molecule has 3 atom stereocenters. The monoisotopic (exact) mass is 393 g/mol. The maximum atomic E-state index is 12.8. The number of guanidine groups is 1. The van der Waals surface area contributed by atoms with Crippen molar-refractivity contribution in [3.8, 4) is 11.8 Å². The second kappa shape index (κ2) is 8.04. The lowest BCUT2D eigenvalue weighted by atomic mass is 9.57. The topological polar surface area (TPSA) is 45.7 Å². The molecular formula is C21H26F3N3O. The third-order valence-electron chi connectivity index (χ3n) is 5.48. The summed E-state index contributed by atoms with van der Waals surface area (Å²) in [6, 6.07) is 5.29. The van der Waals surface area contributed by atoms with Crippen LogP contribution in [-0.2, 0) is 10.9 Å². The maximum Gasteiger partial charge on any atom is 0.416 e. The van der Waals surface area contributed by atoms with Gasteiger partial charge < -0.3 is 15.4 Å². The lowest BCUT2D eigenvalue weighted by molar-refractivity contribution is -0.137. The van der Waals surface area contributed by atoms with E-state index in [9.17, 15) is 13.2 Å². The molecular weight excluding hydrogens is 367 g/mol. The second-order valence-corrected chi connectivity index (χ2v) is 7.76. The Hall–Kier alpha value is -2.20. The van der Waals surface area contributed by atoms with Gasteiger partial charge in [-0.15, -0.1) is 0 Å². The second-order valence-electron chi connectivity index (χ2n) is 7.76. The van der Waals surface area contributed by atoms with E-state index in [1.807, 2.05) is 6.92 Å². The van der Waals surface area contributed by atoms with Gasteiger partial charge in [0.05, 0.1) is 11.7 Å². The van der Waals surface area contributed by atoms with Gasteiger partial charge in [-0.1, -0.05) is 31.8 Å². The zero-order valence-corrected chi connectivity index (χ0v) is 16.4. The number of ether oxygens (including phenoxy) is 1. The first-order valence-electron chi connectivity index (χ1n) is 9.56. The minimum Gasteiger partial charge on any atom is -0.377 e. The molecule has 7 heteroatoms. The largest absolute Gasteiger partial charge is 0.416 e. The first-order chi connectivity index (χ1) is 13.2. The van der Waals surface area contributed by atoms with Gasteiger partial charge in [-0.2, -0.15) is 13.2 Å². The molecule has 28 heavy (non-hydrogen) atoms. The molecule has 4 nitrogen and oxygen atoms in total. The van der Waals surface area contributed by atoms with Crippen molar-refractivity contribution in [2.75, 3.05) is 19.7 Å². The molecule has 3 unspecified atom stereocenters. The van der Waals surface area contributed by atoms with E-state index in [2.05, 4.69) is 41.3 Å². The van der Waals surface area contributed by atoms with Crippen LogP contribution in [0.15, 0.2) is 29.3 Å². The summed E-state index contributed by atoms with van der Waals surface area (Å²) in [4.78, 5) is 4.46. The van der Waals surface area contributed by atoms with Crippen LogP contribution < -0.4 is 10.6 Å². The van der Waals surface area contributed by atoms with Crippen molar-refractivity contribution in [1.82, 2.24) is 10.6 Å². The van der Waals surface area contributed by atoms with E-state index in [1.165, 1.54) is 6.07 Å². The maximum absolute atomic E-state index is 12.8. The Morgan fingerprint density at radius 3 is 2.86 bits per heavy atom. The molecule has 2 fully saturated rings. The first-order valence-corrected chi connectivity index (χ1v) is 9.56. The minimum atomic E-state index is -4.37. The van der Waals surface area contributed by atoms with Gasteiger partial charge in [-0.05, 0) is 31.5 Å². The van der Waals surface area contributed by atoms with Gasteiger partial charge in [0.25, 0.3) is 0 Å². The van der Waals surface area contributed by atoms with Gasteiger partial charge in [0.2, 0.25) is 0 Å². The SMILES string of the molecule is CCNC(=NCC#Cc1cccc(C(F)(F)F)c1)NC1C2CCOC2C1(C)C. The van der Waals surface area contributed by atoms with E-state index >= 15 is 0 Å². The Kier molecular flexibility index (Phi) is 5.90. The highest BCUT2D eigenvalue weighted by atomic mass is 19.4. The average molecular weight is 393 g/mol. The van der Waals surface area contributed by atoms with Crippen molar-refractivity contribution in [1.29, 1.82) is 0 Å². The van der Waals surface area contributed by atoms with Crippen molar-refractivity contribution in [3.05, 3.63) is 35.4 Å². The summed E-state index contributed by atoms with van der Waals surface area (Å²) in [5.41, 5.74) is -0.339. The zero-order valence-electron chi connectivity index (χ0n) is 16.4. The van der Waals surface area contributed by atoms with E-state index in [0.717, 1.165) is 25.2 Å². The Balaban J connectivity index is 1.64. The summed E-state index contributed by atoms with van der Waals surface area (Å²) in [5.74, 6) is 6.74. The number of hydrogen-bond donors (Lipinski definition) is 2. The van der Waals surface area contributed by atoms with Crippen LogP contribution in [0.1, 0.15) is 38.3 Å². The first kappa shape index (κ1) is 20.5. The standard InChI is InChI=1S/C21H26F3N3O/c1-4-25-19(27-17-16-10-12-28-18(16)20(17,2)3)26-11-6-8-14-7-5-9-15(13-14)21(22,23)24/h5,7,9,13,16-18H,4,10-12H2,1-3H3,(H2,25,26,27). The number of benzene rings is 1. The summed E-state index contributed by atoms with van der Waals surface area (Å²) in [6.45, 7) is 8.07. The fraction of sp³-hybridized carbons (Fsp3) is 0.571. The van der Waals surface area contributed by atoms with E-state index in [4.69, 9.17) is 4.74 Å². The van der Waals surface area contributed by atoms with Gasteiger partial charge in [-0.25, -0.2) is 4.99 Å². The van der Waals surface area contributed by atoms with Gasteiger partial charge in [-0.3, -0.25) is 0 Å². The number of nitrogens with zero attached hydrogens (tertiary/aromatic N) is 1. The number of halogens is 3. The average Bonchev–Trinajstić information content (AvgIpc) is 3.10. The van der Waals surface area contributed by atoms with E-state index in [-0.39, 0.29) is 24.1 Å². The molecule has 0 bridgehead atoms. The van der Waals surface area contributed by atoms with Crippen LogP contribution in [0.25, 0.3) is 0 Å². The van der Waals surface area contributed by atoms with Crippen LogP contribution in [0.5, 0.6) is 0 Å². The number of hydrogen-bond acceptors (Lipinski definition) is 2. The lowest BCUT2D eigenvalue weighted by Crippen LogP contribution is -2.67. The van der Waals surface area contributed by atoms with Crippen LogP contribution in [0.3, 0.4) is 0 Å². The van der Waals surface area contributed by atoms with E-state index < -0.39 is 11.7 Å². The van der Waals surface area contributed by atoms with E-state index in [0.29, 0.717) is 24.0 Å². The Labute approximate surface area is 163 Å². The summed E-state index contributed by atoms with van der Waals surface area (Å²) < 4.78 is 44.1. The Bertz CT molecular complexity index is 792. The normalized spacial score (nSPS) is 25.9. The molecule has 1 aromatic rings. The number of alkyl halides is 3. The summed E-state index contributed by atoms with van der Waals surface area (Å²) in [6.07, 6.45) is -3.04. The molecule has 1 saturated heterocycles. The molecule has 2 aliphatic rings. The predicted octanol–water partition coefficient (Wildman–Crippen LogP) is 3.43. The van der Waals surface area contributed by atoms with Crippen molar-refractivity contribution >= 4 is 5.96 Å². The number of fused-ring (bicyclic) bond motifs is 1. The molecule has 2 N–H and O–H groups in total. The quantitative estimate of drug-likeness (QED) is 0.470. The highest BCUT2D eigenvalue weighted by Crippen LogP contribution is 2.52. The van der Waals surface area contributed by atoms with Gasteiger partial charge >= 0.3 is 6.18 Å². The van der Waals surface area contributed by atoms with Crippen LogP contribution in [0, 0.1) is 23.2 Å². The highest BCUT2D eigenvalue weighted by molar-refractivity contribution is 5.80. The molecule has 0 amide bonds. The van der Waals surface area contributed by atoms with Crippen molar-refractivity contribution in [2.45, 2.75) is 45.5 Å². The molecule has 1 aliphatic heterocycles. The van der Waals surface area contributed by atoms with Crippen LogP contribution in [0.2, 0.25) is 0 Å². The van der Waals surface area contributed by atoms with Gasteiger partial charge in [0, 0.05) is 36.1 Å². The van der Waals surface area contributed by atoms with E-state index in [1.54, 1.807) is 6.07 Å². The molecule has 0 radical (unpaired) electrons. The lowest BCUT2D eigenvalue weighted by Gasteiger charge is -2.54. The fourth-order valence-electron chi connectivity index (χ4n) is 4.12. The van der Waals surface area contributed by atoms with Gasteiger partial charge in [0.15, 0.2) is 5.96 Å². The molecule has 1 aromatic carbocycles. The number of aliphatic imine (C=N–C) groups is 1. The highest BCUT2D eigenvalue weighted by Gasteiger charge is 2.59. The smallest absolute Gasteiger partial charge is 0.377 e. The number of nitrogens with one attached hydrogen (secondary N) is 2. The summed E-state index contributed by atoms with van der Waals surface area (Å²) >= 11 is 0. The van der Waals surface area contributed by atoms with Crippen LogP contribution in [0.4, 0.5) is 13.2 Å². The Morgan fingerprint density at radius 1 is 1.36 bits per heavy atom. The fourth-order valence-corrected chi connectivity index (χ4v) is 4.12. The van der Waals surface area contributed by atoms with Crippen molar-refractivity contribution in [3.63, 3.8) is 0 Å². The van der Waals surface area contributed by atoms with Crippen molar-refractivity contribution < 1.29 is 17.9 Å². The predicted molar refractivity (Wildman–Crippen MR) is 103 cm³/mol. The van der Waals surface area contributed by atoms with Crippen molar-refractivity contribution in [2.24, 2.45) is 16.3 Å². The summed E-state index contributed by atoms with van der Waals surface area (Å²) in [7, 11) is 0. The third-order valence-corrected chi connectivity index (χ3v) is 5.48. The van der Waals surface area contributed by atoms with Crippen LogP contribution in [-0.4, -0.2) is 37.8 Å². The van der Waals surface area contributed by atoms with Gasteiger partial charge in [0.1, 0.15) is 6.54 Å². The molecule has 1 heterocycles.